The van der Waals surface area contributed by atoms with Crippen LogP contribution in [0.1, 0.15) is 205 Å². The molecule has 1 aromatic carbocycles. The minimum atomic E-state index is -2.03. The second kappa shape index (κ2) is 42.5. The van der Waals surface area contributed by atoms with Gasteiger partial charge in [-0.2, -0.15) is 0 Å². The minimum absolute atomic E-state index is 0. The van der Waals surface area contributed by atoms with Crippen LogP contribution < -0.4 is 37.0 Å². The first-order valence-corrected chi connectivity index (χ1v) is 42.7. The van der Waals surface area contributed by atoms with Gasteiger partial charge in [-0.3, -0.25) is 52.8 Å². The Bertz CT molecular complexity index is 3200. The number of hydrogen-bond acceptors (Lipinski definition) is 18. The molecule has 13 atom stereocenters. The van der Waals surface area contributed by atoms with Gasteiger partial charge in [0.2, 0.25) is 17.7 Å². The summed E-state index contributed by atoms with van der Waals surface area (Å²) in [4.78, 5) is 91.9. The number of hydrogen-bond donors (Lipinski definition) is 8. The van der Waals surface area contributed by atoms with Gasteiger partial charge in [-0.15, -0.1) is 11.3 Å². The number of fused-ring (bicyclic) bond motifs is 1. The fraction of sp³-hybridized carbons (Fsp3) is 0.807. The fourth-order valence-electron chi connectivity index (χ4n) is 15.1. The third kappa shape index (κ3) is 31.8. The molecule has 26 heteroatoms. The molecule has 1 aliphatic carbocycles. The highest BCUT2D eigenvalue weighted by molar-refractivity contribution is 7.97. The highest BCUT2D eigenvalue weighted by atomic mass is 32.2. The van der Waals surface area contributed by atoms with Crippen molar-refractivity contribution in [3.8, 4) is 0 Å². The molecule has 628 valence electrons. The van der Waals surface area contributed by atoms with E-state index in [0.29, 0.717) is 71.6 Å². The summed E-state index contributed by atoms with van der Waals surface area (Å²) in [5.74, 6) is 6.43. The predicted molar refractivity (Wildman–Crippen MR) is 452 cm³/mol. The van der Waals surface area contributed by atoms with E-state index in [9.17, 15) is 38.1 Å². The van der Waals surface area contributed by atoms with E-state index in [1.165, 1.54) is 17.8 Å². The van der Waals surface area contributed by atoms with Gasteiger partial charge in [0.05, 0.1) is 37.0 Å². The summed E-state index contributed by atoms with van der Waals surface area (Å²) < 4.78 is 19.0. The van der Waals surface area contributed by atoms with Crippen LogP contribution >= 0.6 is 11.3 Å². The molecule has 0 bridgehead atoms. The second-order valence-electron chi connectivity index (χ2n) is 37.6. The number of carbonyl (C=O) groups excluding carboxylic acids is 6. The number of piperidine rings is 1. The number of rotatable bonds is 15. The number of amides is 6. The first-order valence-electron chi connectivity index (χ1n) is 39.7. The van der Waals surface area contributed by atoms with Crippen molar-refractivity contribution in [3.63, 3.8) is 0 Å². The Morgan fingerprint density at radius 3 is 1.45 bits per heavy atom. The summed E-state index contributed by atoms with van der Waals surface area (Å²) in [5, 5.41) is 26.6. The molecule has 7 saturated heterocycles. The molecule has 2 aromatic rings. The van der Waals surface area contributed by atoms with Crippen molar-refractivity contribution < 1.29 is 42.8 Å². The molecule has 8 heterocycles. The molecule has 6 unspecified atom stereocenters. The molecular formula is C83H155N15O9S2. The molecule has 8 aliphatic rings. The maximum atomic E-state index is 12.6. The Kier molecular flexibility index (Phi) is 38.3. The molecule has 7 aliphatic heterocycles. The van der Waals surface area contributed by atoms with E-state index in [0.717, 1.165) is 117 Å². The van der Waals surface area contributed by atoms with Crippen molar-refractivity contribution in [2.24, 2.45) is 64.9 Å². The molecule has 1 saturated carbocycles. The van der Waals surface area contributed by atoms with Gasteiger partial charge in [-0.1, -0.05) is 66.0 Å². The maximum Gasteiger partial charge on any atom is 0.396 e. The molecule has 1 aromatic heterocycles. The molecule has 24 nitrogen and oxygen atoms in total. The number of nitrogens with two attached hydrogens (primary N) is 1. The van der Waals surface area contributed by atoms with Crippen molar-refractivity contribution in [2.45, 2.75) is 245 Å². The van der Waals surface area contributed by atoms with Crippen LogP contribution in [0.3, 0.4) is 0 Å². The van der Waals surface area contributed by atoms with Gasteiger partial charge in [0.25, 0.3) is 0 Å². The standard InChI is InChI=1S/C18H28N2O2.C14H27N3O.C13H21N3OS.C13H24N2O3.C12H23N3O.C11H24N2OS.2CH4/c1-13-10-20(18(2,3)4)11-15(13)17(22)19-16(12-21)14-8-6-5-7-9-14;1-10-7-17(14(2,3)4)9-12(10)13(18)16-6-5-11(15)8-16;1-9-7-16(13(2,3)4)8-10(9)11(17)15-12-14-5-6-18-12;1-5-18-12(17)11(16)14-8-10-6-7-15(9-10)13(2,3)4;1-5-13-11(16)14-10-8-6-15(7-9(8)10)12(2,3)4;1-11(2,3)13-7-6-10(9-13)8-12-15(4,5)14;;/h5-9,13,15-16,21H,10-12H2,1-4H3,(H,19,22);10-12H,5-9,15H2,1-4H3;5-6,9-10H,7-8H2,1-4H3,(H,14,15,17);10H,5-9H2,1-4H3,(H,14,16);8-10H,5-7H2,1-4H3,(H2,13,14,16);10H,4,6-9H2,1-3,5H3,(H,12,14);2*1H4/t13-,15+,16?;10-,11+,12+;9-,10+;;;;;/m000...../s1. The number of aromatic nitrogens is 1. The van der Waals surface area contributed by atoms with Crippen LogP contribution in [-0.2, 0) is 38.4 Å². The number of esters is 1. The van der Waals surface area contributed by atoms with Crippen LogP contribution in [0.2, 0.25) is 0 Å². The molecular weight excluding hydrogens is 1420 g/mol. The number of aliphatic hydroxyl groups excluding tert-OH is 1. The van der Waals surface area contributed by atoms with E-state index in [2.05, 4.69) is 222 Å². The number of anilines is 1. The molecule has 8 fully saturated rings. The van der Waals surface area contributed by atoms with Gasteiger partial charge in [-0.25, -0.2) is 19.3 Å². The van der Waals surface area contributed by atoms with Crippen LogP contribution in [0, 0.1) is 59.2 Å². The topological polar surface area (TPSA) is 283 Å². The number of aliphatic hydroxyl groups is 1. The predicted octanol–water partition coefficient (Wildman–Crippen LogP) is 9.61. The quantitative estimate of drug-likeness (QED) is 0.0468. The smallest absolute Gasteiger partial charge is 0.396 e. The first kappa shape index (κ1) is 98.3. The zero-order chi connectivity index (χ0) is 80.5. The van der Waals surface area contributed by atoms with Crippen LogP contribution in [-0.4, -0.2) is 266 Å². The van der Waals surface area contributed by atoms with E-state index in [4.69, 9.17) is 5.73 Å². The van der Waals surface area contributed by atoms with Crippen molar-refractivity contribution >= 4 is 67.7 Å². The number of ether oxygens (including phenoxy) is 1. The summed E-state index contributed by atoms with van der Waals surface area (Å²) in [6, 6.07) is 9.90. The van der Waals surface area contributed by atoms with Gasteiger partial charge in [-0.05, 0) is 224 Å². The third-order valence-corrected chi connectivity index (χ3v) is 24.0. The third-order valence-electron chi connectivity index (χ3n) is 22.5. The van der Waals surface area contributed by atoms with Crippen molar-refractivity contribution in [1.82, 2.24) is 65.3 Å². The zero-order valence-electron chi connectivity index (χ0n) is 70.5. The molecule has 0 spiro atoms. The molecule has 9 N–H and O–H groups in total. The minimum Gasteiger partial charge on any atom is -0.459 e. The van der Waals surface area contributed by atoms with E-state index < -0.39 is 21.6 Å². The van der Waals surface area contributed by atoms with Gasteiger partial charge in [0.1, 0.15) is 0 Å². The van der Waals surface area contributed by atoms with Crippen molar-refractivity contribution in [3.05, 3.63) is 47.5 Å². The number of thiazole rings is 1. The molecule has 6 amide bonds. The normalized spacial score (nSPS) is 26.9. The Hall–Kier alpha value is -4.87. The van der Waals surface area contributed by atoms with Crippen molar-refractivity contribution in [2.75, 3.05) is 136 Å². The largest absolute Gasteiger partial charge is 0.459 e. The lowest BCUT2D eigenvalue weighted by molar-refractivity contribution is -0.154. The van der Waals surface area contributed by atoms with E-state index >= 15 is 0 Å². The number of likely N-dealkylation sites (tertiary alicyclic amines) is 7. The van der Waals surface area contributed by atoms with Gasteiger partial charge < -0.3 is 47.1 Å². The average molecular weight is 1570 g/mol. The summed E-state index contributed by atoms with van der Waals surface area (Å²) in [6.45, 7) is 65.7. The van der Waals surface area contributed by atoms with E-state index in [-0.39, 0.29) is 109 Å². The Morgan fingerprint density at radius 1 is 0.606 bits per heavy atom. The number of nitrogens with one attached hydrogen (secondary N) is 6. The Morgan fingerprint density at radius 2 is 1.06 bits per heavy atom. The average Bonchev–Trinajstić information content (AvgIpc) is 1.58. The highest BCUT2D eigenvalue weighted by Crippen LogP contribution is 2.47. The van der Waals surface area contributed by atoms with Gasteiger partial charge in [0, 0.05) is 171 Å². The molecule has 0 radical (unpaired) electrons. The zero-order valence-corrected chi connectivity index (χ0v) is 72.1. The lowest BCUT2D eigenvalue weighted by Crippen LogP contribution is -2.45. The van der Waals surface area contributed by atoms with Crippen LogP contribution in [0.25, 0.3) is 0 Å². The maximum absolute atomic E-state index is 12.6. The number of urea groups is 1. The van der Waals surface area contributed by atoms with Crippen LogP contribution in [0.15, 0.2) is 41.9 Å². The number of benzene rings is 1. The summed E-state index contributed by atoms with van der Waals surface area (Å²) >= 11 is 1.46. The number of nitrogens with zero attached hydrogens (tertiary/aromatic N) is 8. The first-order chi connectivity index (χ1) is 49.4. The second-order valence-corrected chi connectivity index (χ2v) is 40.7. The number of carbonyl (C=O) groups is 6. The lowest BCUT2D eigenvalue weighted by atomic mass is 9.96. The van der Waals surface area contributed by atoms with Crippen LogP contribution in [0.5, 0.6) is 0 Å². The summed E-state index contributed by atoms with van der Waals surface area (Å²) in [5.41, 5.74) is 7.89. The fourth-order valence-corrected chi connectivity index (χ4v) is 16.2. The summed E-state index contributed by atoms with van der Waals surface area (Å²) in [7, 11) is -2.03. The Balaban J connectivity index is 0.000000339. The van der Waals surface area contributed by atoms with Gasteiger partial charge in [0.15, 0.2) is 5.13 Å². The SMILES string of the molecule is C.C.C=S(C)(=O)NCC1CCN(C(C)(C)C)C1.CCNC(=O)NC1C2CN(C(C)(C)C)CC21.CCOC(=O)C(=O)NCC1CCN(C(C)(C)C)C1.C[C@H]1CN(C(C)(C)C)C[C@H]1C(=O)N1CC[C@@H](N)C1.C[C@H]1CN(C(C)(C)C)C[C@H]1C(=O)NC(CO)c1ccccc1.C[C@H]1CN(C(C)(C)C)C[C@H]1C(=O)Nc1nccs1. The van der Waals surface area contributed by atoms with E-state index in [1.54, 1.807) is 19.4 Å². The molecule has 10 rings (SSSR count). The lowest BCUT2D eigenvalue weighted by Gasteiger charge is -2.33. The molecule has 109 heavy (non-hydrogen) atoms. The Labute approximate surface area is 665 Å². The monoisotopic (exact) mass is 1570 g/mol. The van der Waals surface area contributed by atoms with Crippen LogP contribution in [0.4, 0.5) is 9.93 Å². The highest BCUT2D eigenvalue weighted by Gasteiger charge is 2.58. The van der Waals surface area contributed by atoms with Gasteiger partial charge >= 0.3 is 17.9 Å². The van der Waals surface area contributed by atoms with E-state index in [1.807, 2.05) is 47.5 Å². The summed E-state index contributed by atoms with van der Waals surface area (Å²) in [6.07, 6.45) is 6.57. The van der Waals surface area contributed by atoms with Crippen molar-refractivity contribution in [1.29, 1.82) is 0 Å².